The molecule has 0 saturated carbocycles. The molecule has 22 heavy (non-hydrogen) atoms. The Balaban J connectivity index is 2.26. The summed E-state index contributed by atoms with van der Waals surface area (Å²) < 4.78 is 19.0. The Morgan fingerprint density at radius 1 is 1.18 bits per heavy atom. The number of para-hydroxylation sites is 2. The Morgan fingerprint density at radius 3 is 2.73 bits per heavy atom. The maximum Gasteiger partial charge on any atom is 0.340 e. The van der Waals surface area contributed by atoms with E-state index in [4.69, 9.17) is 0 Å². The van der Waals surface area contributed by atoms with Crippen LogP contribution < -0.4 is 5.56 Å². The topological polar surface area (TPSA) is 72.0 Å². The maximum absolute atomic E-state index is 14.5. The van der Waals surface area contributed by atoms with Crippen LogP contribution in [-0.4, -0.2) is 23.0 Å². The number of nitrogens with zero attached hydrogens (tertiary/aromatic N) is 1. The second-order valence-electron chi connectivity index (χ2n) is 4.59. The number of fused-ring (bicyclic) bond motifs is 1. The van der Waals surface area contributed by atoms with Crippen LogP contribution in [-0.2, 0) is 4.74 Å². The standard InChI is InChI=1S/C16H11FN2O3/c1-22-16(21)10-6-4-5-9(13(10)17)14-15(20)19-12-8-3-2-7-11(12)18-14/h2-8H,1H3,(H,19,20). The van der Waals surface area contributed by atoms with Crippen molar-refractivity contribution in [3.8, 4) is 11.3 Å². The number of aromatic nitrogens is 2. The smallest absolute Gasteiger partial charge is 0.340 e. The van der Waals surface area contributed by atoms with E-state index in [9.17, 15) is 14.0 Å². The summed E-state index contributed by atoms with van der Waals surface area (Å²) in [5.41, 5.74) is 0.187. The molecular weight excluding hydrogens is 287 g/mol. The van der Waals surface area contributed by atoms with Crippen LogP contribution in [0.2, 0.25) is 0 Å². The first-order valence-electron chi connectivity index (χ1n) is 6.48. The van der Waals surface area contributed by atoms with Gasteiger partial charge in [0.1, 0.15) is 11.5 Å². The summed E-state index contributed by atoms with van der Waals surface area (Å²) in [6, 6.07) is 11.1. The summed E-state index contributed by atoms with van der Waals surface area (Å²) in [5.74, 6) is -1.64. The molecule has 0 unspecified atom stereocenters. The molecular formula is C16H11FN2O3. The van der Waals surface area contributed by atoms with Gasteiger partial charge in [0.25, 0.3) is 5.56 Å². The third-order valence-corrected chi connectivity index (χ3v) is 3.26. The third kappa shape index (κ3) is 2.24. The van der Waals surface area contributed by atoms with E-state index >= 15 is 0 Å². The van der Waals surface area contributed by atoms with Crippen LogP contribution in [0.1, 0.15) is 10.4 Å². The number of H-pyrrole nitrogens is 1. The first kappa shape index (κ1) is 13.9. The van der Waals surface area contributed by atoms with E-state index in [1.54, 1.807) is 24.3 Å². The molecule has 1 aromatic heterocycles. The first-order valence-corrected chi connectivity index (χ1v) is 6.48. The summed E-state index contributed by atoms with van der Waals surface area (Å²) in [6.07, 6.45) is 0. The SMILES string of the molecule is COC(=O)c1cccc(-c2nc3ccccc3[nH]c2=O)c1F. The third-order valence-electron chi connectivity index (χ3n) is 3.26. The van der Waals surface area contributed by atoms with Crippen molar-refractivity contribution < 1.29 is 13.9 Å². The highest BCUT2D eigenvalue weighted by Crippen LogP contribution is 2.22. The highest BCUT2D eigenvalue weighted by molar-refractivity contribution is 5.91. The fraction of sp³-hybridized carbons (Fsp3) is 0.0625. The number of ether oxygens (including phenoxy) is 1. The zero-order chi connectivity index (χ0) is 15.7. The number of esters is 1. The van der Waals surface area contributed by atoms with Gasteiger partial charge in [0.05, 0.1) is 23.7 Å². The molecule has 1 N–H and O–H groups in total. The van der Waals surface area contributed by atoms with E-state index in [1.807, 2.05) is 0 Å². The van der Waals surface area contributed by atoms with Crippen molar-refractivity contribution in [3.63, 3.8) is 0 Å². The lowest BCUT2D eigenvalue weighted by atomic mass is 10.1. The number of rotatable bonds is 2. The number of hydrogen-bond acceptors (Lipinski definition) is 4. The van der Waals surface area contributed by atoms with Crippen LogP contribution in [0.3, 0.4) is 0 Å². The molecule has 3 aromatic rings. The number of halogens is 1. The second kappa shape index (κ2) is 5.40. The minimum atomic E-state index is -0.831. The zero-order valence-electron chi connectivity index (χ0n) is 11.6. The normalized spacial score (nSPS) is 10.6. The average Bonchev–Trinajstić information content (AvgIpc) is 2.54. The van der Waals surface area contributed by atoms with Crippen LogP contribution in [0.4, 0.5) is 4.39 Å². The summed E-state index contributed by atoms with van der Waals surface area (Å²) in [6.45, 7) is 0. The quantitative estimate of drug-likeness (QED) is 0.738. The minimum Gasteiger partial charge on any atom is -0.465 e. The van der Waals surface area contributed by atoms with Crippen LogP contribution >= 0.6 is 0 Å². The Hall–Kier alpha value is -3.02. The number of hydrogen-bond donors (Lipinski definition) is 1. The minimum absolute atomic E-state index is 0.0464. The molecule has 0 radical (unpaired) electrons. The van der Waals surface area contributed by atoms with Gasteiger partial charge in [-0.15, -0.1) is 0 Å². The van der Waals surface area contributed by atoms with E-state index in [0.717, 1.165) is 7.11 Å². The van der Waals surface area contributed by atoms with Crippen molar-refractivity contribution in [2.45, 2.75) is 0 Å². The second-order valence-corrected chi connectivity index (χ2v) is 4.59. The van der Waals surface area contributed by atoms with Crippen LogP contribution in [0.5, 0.6) is 0 Å². The molecule has 110 valence electrons. The van der Waals surface area contributed by atoms with Crippen LogP contribution in [0.15, 0.2) is 47.3 Å². The summed E-state index contributed by atoms with van der Waals surface area (Å²) >= 11 is 0. The highest BCUT2D eigenvalue weighted by atomic mass is 19.1. The Labute approximate surface area is 124 Å². The average molecular weight is 298 g/mol. The van der Waals surface area contributed by atoms with Gasteiger partial charge in [-0.1, -0.05) is 18.2 Å². The molecule has 0 bridgehead atoms. The molecule has 0 aliphatic rings. The van der Waals surface area contributed by atoms with Crippen molar-refractivity contribution in [3.05, 3.63) is 64.2 Å². The Morgan fingerprint density at radius 2 is 1.95 bits per heavy atom. The van der Waals surface area contributed by atoms with Gasteiger partial charge in [0.2, 0.25) is 0 Å². The van der Waals surface area contributed by atoms with Gasteiger partial charge in [-0.3, -0.25) is 4.79 Å². The van der Waals surface area contributed by atoms with Gasteiger partial charge < -0.3 is 9.72 Å². The predicted octanol–water partition coefficient (Wildman–Crippen LogP) is 2.52. The maximum atomic E-state index is 14.5. The van der Waals surface area contributed by atoms with Gasteiger partial charge in [-0.25, -0.2) is 14.2 Å². The molecule has 2 aromatic carbocycles. The van der Waals surface area contributed by atoms with Gasteiger partial charge >= 0.3 is 5.97 Å². The van der Waals surface area contributed by atoms with Crippen molar-refractivity contribution in [2.75, 3.05) is 7.11 Å². The van der Waals surface area contributed by atoms with Gasteiger partial charge in [-0.2, -0.15) is 0 Å². The highest BCUT2D eigenvalue weighted by Gasteiger charge is 2.19. The Bertz CT molecular complexity index is 934. The van der Waals surface area contributed by atoms with E-state index in [2.05, 4.69) is 14.7 Å². The molecule has 6 heteroatoms. The number of carbonyl (C=O) groups is 1. The van der Waals surface area contributed by atoms with Crippen LogP contribution in [0.25, 0.3) is 22.3 Å². The van der Waals surface area contributed by atoms with Gasteiger partial charge in [0.15, 0.2) is 0 Å². The molecule has 5 nitrogen and oxygen atoms in total. The number of nitrogens with one attached hydrogen (secondary N) is 1. The number of benzene rings is 2. The van der Waals surface area contributed by atoms with E-state index in [0.29, 0.717) is 11.0 Å². The predicted molar refractivity (Wildman–Crippen MR) is 79.1 cm³/mol. The molecule has 0 atom stereocenters. The van der Waals surface area contributed by atoms with Gasteiger partial charge in [0, 0.05) is 5.56 Å². The summed E-state index contributed by atoms with van der Waals surface area (Å²) in [5, 5.41) is 0. The molecule has 0 amide bonds. The van der Waals surface area contributed by atoms with Crippen molar-refractivity contribution in [1.29, 1.82) is 0 Å². The lowest BCUT2D eigenvalue weighted by Crippen LogP contribution is -2.13. The fourth-order valence-electron chi connectivity index (χ4n) is 2.19. The lowest BCUT2D eigenvalue weighted by molar-refractivity contribution is 0.0595. The molecule has 0 fully saturated rings. The largest absolute Gasteiger partial charge is 0.465 e. The van der Waals surface area contributed by atoms with E-state index in [1.165, 1.54) is 18.2 Å². The van der Waals surface area contributed by atoms with Gasteiger partial charge in [-0.05, 0) is 24.3 Å². The molecule has 0 aliphatic heterocycles. The molecule has 0 saturated heterocycles. The molecule has 0 spiro atoms. The zero-order valence-corrected chi connectivity index (χ0v) is 11.6. The van der Waals surface area contributed by atoms with E-state index < -0.39 is 17.3 Å². The lowest BCUT2D eigenvalue weighted by Gasteiger charge is -2.07. The first-order chi connectivity index (χ1) is 10.6. The number of methoxy groups -OCH3 is 1. The van der Waals surface area contributed by atoms with Crippen molar-refractivity contribution in [1.82, 2.24) is 9.97 Å². The fourth-order valence-corrected chi connectivity index (χ4v) is 2.19. The molecule has 1 heterocycles. The van der Waals surface area contributed by atoms with Crippen molar-refractivity contribution >= 4 is 17.0 Å². The number of carbonyl (C=O) groups excluding carboxylic acids is 1. The molecule has 0 aliphatic carbocycles. The van der Waals surface area contributed by atoms with Crippen molar-refractivity contribution in [2.24, 2.45) is 0 Å². The summed E-state index contributed by atoms with van der Waals surface area (Å²) in [4.78, 5) is 30.5. The summed E-state index contributed by atoms with van der Waals surface area (Å²) in [7, 11) is 1.16. The monoisotopic (exact) mass is 298 g/mol. The molecule has 3 rings (SSSR count). The Kier molecular flexibility index (Phi) is 3.42. The van der Waals surface area contributed by atoms with E-state index in [-0.39, 0.29) is 16.8 Å². The number of aromatic amines is 1. The van der Waals surface area contributed by atoms with Crippen LogP contribution in [0, 0.1) is 5.82 Å².